The standard InChI is InChI=1S/C16H25NO/c1-12(2)9-10-16(3)11-14(17-4)13-7-5-6-8-15(13)18-16/h5-8,12,14,17H,9-11H2,1-4H3. The number of ether oxygens (including phenoxy) is 1. The summed E-state index contributed by atoms with van der Waals surface area (Å²) in [7, 11) is 2.04. The summed E-state index contributed by atoms with van der Waals surface area (Å²) in [5.74, 6) is 1.78. The third-order valence-electron chi connectivity index (χ3n) is 3.89. The van der Waals surface area contributed by atoms with Crippen LogP contribution >= 0.6 is 0 Å². The Bertz CT molecular complexity index is 402. The lowest BCUT2D eigenvalue weighted by Gasteiger charge is -2.40. The van der Waals surface area contributed by atoms with Gasteiger partial charge in [0.05, 0.1) is 0 Å². The molecule has 0 saturated heterocycles. The number of rotatable bonds is 4. The van der Waals surface area contributed by atoms with E-state index in [-0.39, 0.29) is 5.60 Å². The van der Waals surface area contributed by atoms with Gasteiger partial charge in [-0.05, 0) is 38.8 Å². The Morgan fingerprint density at radius 2 is 2.11 bits per heavy atom. The average molecular weight is 247 g/mol. The van der Waals surface area contributed by atoms with Crippen molar-refractivity contribution in [1.29, 1.82) is 0 Å². The van der Waals surface area contributed by atoms with Crippen molar-refractivity contribution in [2.75, 3.05) is 7.05 Å². The van der Waals surface area contributed by atoms with E-state index in [0.29, 0.717) is 6.04 Å². The summed E-state index contributed by atoms with van der Waals surface area (Å²) in [6, 6.07) is 8.81. The Kier molecular flexibility index (Phi) is 3.96. The van der Waals surface area contributed by atoms with E-state index in [4.69, 9.17) is 4.74 Å². The molecule has 1 heterocycles. The minimum absolute atomic E-state index is 0.0354. The Hall–Kier alpha value is -1.02. The van der Waals surface area contributed by atoms with Gasteiger partial charge in [-0.1, -0.05) is 32.0 Å². The van der Waals surface area contributed by atoms with Crippen molar-refractivity contribution in [2.45, 2.75) is 51.7 Å². The van der Waals surface area contributed by atoms with Crippen LogP contribution in [-0.2, 0) is 0 Å². The highest BCUT2D eigenvalue weighted by Crippen LogP contribution is 2.41. The zero-order chi connectivity index (χ0) is 13.2. The zero-order valence-electron chi connectivity index (χ0n) is 12.0. The lowest BCUT2D eigenvalue weighted by molar-refractivity contribution is 0.0360. The summed E-state index contributed by atoms with van der Waals surface area (Å²) in [6.45, 7) is 6.79. The van der Waals surface area contributed by atoms with E-state index in [1.807, 2.05) is 7.05 Å². The molecule has 1 aliphatic rings. The van der Waals surface area contributed by atoms with E-state index >= 15 is 0 Å². The Morgan fingerprint density at radius 1 is 1.39 bits per heavy atom. The molecule has 0 amide bonds. The van der Waals surface area contributed by atoms with Crippen LogP contribution in [0.2, 0.25) is 0 Å². The summed E-state index contributed by atoms with van der Waals surface area (Å²) >= 11 is 0. The number of hydrogen-bond acceptors (Lipinski definition) is 2. The monoisotopic (exact) mass is 247 g/mol. The van der Waals surface area contributed by atoms with Crippen LogP contribution in [0.1, 0.15) is 51.6 Å². The fraction of sp³-hybridized carbons (Fsp3) is 0.625. The largest absolute Gasteiger partial charge is 0.487 e. The van der Waals surface area contributed by atoms with E-state index in [1.165, 1.54) is 12.0 Å². The molecule has 100 valence electrons. The first-order valence-electron chi connectivity index (χ1n) is 6.99. The van der Waals surface area contributed by atoms with Crippen LogP contribution in [-0.4, -0.2) is 12.6 Å². The van der Waals surface area contributed by atoms with E-state index in [0.717, 1.165) is 24.5 Å². The number of fused-ring (bicyclic) bond motifs is 1. The van der Waals surface area contributed by atoms with Crippen LogP contribution < -0.4 is 10.1 Å². The smallest absolute Gasteiger partial charge is 0.124 e. The molecule has 2 unspecified atom stereocenters. The van der Waals surface area contributed by atoms with Crippen LogP contribution in [0.5, 0.6) is 5.75 Å². The lowest BCUT2D eigenvalue weighted by atomic mass is 9.84. The van der Waals surface area contributed by atoms with Gasteiger partial charge in [0.15, 0.2) is 0 Å². The van der Waals surface area contributed by atoms with E-state index in [2.05, 4.69) is 50.4 Å². The molecular weight excluding hydrogens is 222 g/mol. The third kappa shape index (κ3) is 2.86. The van der Waals surface area contributed by atoms with Crippen molar-refractivity contribution < 1.29 is 4.74 Å². The Labute approximate surface area is 111 Å². The first-order chi connectivity index (χ1) is 8.54. The lowest BCUT2D eigenvalue weighted by Crippen LogP contribution is -2.41. The molecule has 2 heteroatoms. The average Bonchev–Trinajstić information content (AvgIpc) is 2.35. The van der Waals surface area contributed by atoms with Crippen LogP contribution in [0.15, 0.2) is 24.3 Å². The van der Waals surface area contributed by atoms with Gasteiger partial charge < -0.3 is 10.1 Å². The zero-order valence-corrected chi connectivity index (χ0v) is 12.0. The molecule has 0 bridgehead atoms. The minimum atomic E-state index is -0.0354. The molecule has 0 spiro atoms. The van der Waals surface area contributed by atoms with Gasteiger partial charge in [-0.2, -0.15) is 0 Å². The molecule has 0 saturated carbocycles. The summed E-state index contributed by atoms with van der Waals surface area (Å²) in [5, 5.41) is 3.42. The number of nitrogens with one attached hydrogen (secondary N) is 1. The van der Waals surface area contributed by atoms with Crippen molar-refractivity contribution in [1.82, 2.24) is 5.32 Å². The maximum atomic E-state index is 6.26. The molecule has 0 fully saturated rings. The van der Waals surface area contributed by atoms with Gasteiger partial charge in [-0.25, -0.2) is 0 Å². The second-order valence-corrected chi connectivity index (χ2v) is 6.07. The Morgan fingerprint density at radius 3 is 2.78 bits per heavy atom. The quantitative estimate of drug-likeness (QED) is 0.870. The summed E-state index contributed by atoms with van der Waals surface area (Å²) in [4.78, 5) is 0. The molecule has 0 aromatic heterocycles. The molecule has 2 nitrogen and oxygen atoms in total. The van der Waals surface area contributed by atoms with Gasteiger partial charge in [-0.15, -0.1) is 0 Å². The summed E-state index contributed by atoms with van der Waals surface area (Å²) < 4.78 is 6.26. The normalized spacial score (nSPS) is 26.8. The van der Waals surface area contributed by atoms with Crippen LogP contribution in [0.4, 0.5) is 0 Å². The summed E-state index contributed by atoms with van der Waals surface area (Å²) in [5.41, 5.74) is 1.26. The fourth-order valence-corrected chi connectivity index (χ4v) is 2.71. The van der Waals surface area contributed by atoms with Crippen molar-refractivity contribution in [2.24, 2.45) is 5.92 Å². The molecule has 0 aliphatic carbocycles. The maximum absolute atomic E-state index is 6.26. The molecule has 1 N–H and O–H groups in total. The summed E-state index contributed by atoms with van der Waals surface area (Å²) in [6.07, 6.45) is 3.39. The van der Waals surface area contributed by atoms with E-state index in [1.54, 1.807) is 0 Å². The van der Waals surface area contributed by atoms with Gasteiger partial charge in [0, 0.05) is 18.0 Å². The van der Waals surface area contributed by atoms with Crippen LogP contribution in [0.3, 0.4) is 0 Å². The molecule has 1 aliphatic heterocycles. The molecule has 1 aromatic carbocycles. The molecule has 18 heavy (non-hydrogen) atoms. The highest BCUT2D eigenvalue weighted by molar-refractivity contribution is 5.38. The van der Waals surface area contributed by atoms with Crippen molar-refractivity contribution in [3.63, 3.8) is 0 Å². The SMILES string of the molecule is CNC1CC(C)(CCC(C)C)Oc2ccccc21. The number of hydrogen-bond donors (Lipinski definition) is 1. The van der Waals surface area contributed by atoms with E-state index < -0.39 is 0 Å². The molecule has 2 atom stereocenters. The molecule has 0 radical (unpaired) electrons. The van der Waals surface area contributed by atoms with E-state index in [9.17, 15) is 0 Å². The second-order valence-electron chi connectivity index (χ2n) is 6.07. The van der Waals surface area contributed by atoms with Crippen molar-refractivity contribution in [3.05, 3.63) is 29.8 Å². The van der Waals surface area contributed by atoms with Gasteiger partial charge in [-0.3, -0.25) is 0 Å². The van der Waals surface area contributed by atoms with Gasteiger partial charge in [0.2, 0.25) is 0 Å². The van der Waals surface area contributed by atoms with Crippen molar-refractivity contribution in [3.8, 4) is 5.75 Å². The third-order valence-corrected chi connectivity index (χ3v) is 3.89. The van der Waals surface area contributed by atoms with Crippen LogP contribution in [0.25, 0.3) is 0 Å². The first kappa shape index (κ1) is 13.4. The molecule has 2 rings (SSSR count). The molecular formula is C16H25NO. The minimum Gasteiger partial charge on any atom is -0.487 e. The highest BCUT2D eigenvalue weighted by atomic mass is 16.5. The number of benzene rings is 1. The highest BCUT2D eigenvalue weighted by Gasteiger charge is 2.36. The van der Waals surface area contributed by atoms with Gasteiger partial charge in [0.1, 0.15) is 11.4 Å². The predicted molar refractivity (Wildman–Crippen MR) is 76.0 cm³/mol. The topological polar surface area (TPSA) is 21.3 Å². The maximum Gasteiger partial charge on any atom is 0.124 e. The van der Waals surface area contributed by atoms with Gasteiger partial charge >= 0.3 is 0 Å². The van der Waals surface area contributed by atoms with Crippen LogP contribution in [0, 0.1) is 5.92 Å². The van der Waals surface area contributed by atoms with Gasteiger partial charge in [0.25, 0.3) is 0 Å². The first-order valence-corrected chi connectivity index (χ1v) is 6.99. The van der Waals surface area contributed by atoms with Crippen molar-refractivity contribution >= 4 is 0 Å². The predicted octanol–water partition coefficient (Wildman–Crippen LogP) is 3.92. The second kappa shape index (κ2) is 5.31. The Balaban J connectivity index is 2.19. The number of para-hydroxylation sites is 1. The fourth-order valence-electron chi connectivity index (χ4n) is 2.71. The molecule has 1 aromatic rings.